The van der Waals surface area contributed by atoms with Gasteiger partial charge in [0.15, 0.2) is 5.69 Å². The van der Waals surface area contributed by atoms with Gasteiger partial charge in [-0.2, -0.15) is 0 Å². The van der Waals surface area contributed by atoms with E-state index in [4.69, 9.17) is 9.76 Å². The maximum Gasteiger partial charge on any atom is 0.523 e. The first kappa shape index (κ1) is 10.9. The highest BCUT2D eigenvalue weighted by Crippen LogP contribution is 2.38. The number of pyridine rings is 1. The molecule has 1 aromatic heterocycles. The van der Waals surface area contributed by atoms with Crippen LogP contribution in [-0.4, -0.2) is 28.2 Å². The van der Waals surface area contributed by atoms with Crippen LogP contribution >= 0.6 is 0 Å². The zero-order valence-corrected chi connectivity index (χ0v) is 8.88. The maximum atomic E-state index is 11.0. The first-order valence-corrected chi connectivity index (χ1v) is 5.20. The highest BCUT2D eigenvalue weighted by atomic mass is 16.5. The van der Waals surface area contributed by atoms with E-state index in [0.29, 0.717) is 6.32 Å². The van der Waals surface area contributed by atoms with E-state index in [0.717, 1.165) is 12.0 Å². The molecule has 2 N–H and O–H groups in total. The van der Waals surface area contributed by atoms with Crippen molar-refractivity contribution in [3.8, 4) is 5.75 Å². The fraction of sp³-hybridized carbons (Fsp3) is 0.400. The number of rotatable bonds is 2. The van der Waals surface area contributed by atoms with Crippen molar-refractivity contribution in [1.82, 2.24) is 4.98 Å². The van der Waals surface area contributed by atoms with Crippen LogP contribution in [0.1, 0.15) is 35.3 Å². The molecular formula is C10H12BNO4. The number of carbonyl (C=O) groups is 1. The van der Waals surface area contributed by atoms with E-state index in [2.05, 4.69) is 4.98 Å². The van der Waals surface area contributed by atoms with Gasteiger partial charge < -0.3 is 14.8 Å². The van der Waals surface area contributed by atoms with E-state index in [1.165, 1.54) is 6.20 Å². The van der Waals surface area contributed by atoms with Gasteiger partial charge in [0, 0.05) is 12.5 Å². The zero-order chi connectivity index (χ0) is 11.7. The van der Waals surface area contributed by atoms with Crippen LogP contribution in [0.25, 0.3) is 0 Å². The fourth-order valence-corrected chi connectivity index (χ4v) is 2.00. The van der Waals surface area contributed by atoms with E-state index in [1.54, 1.807) is 6.07 Å². The van der Waals surface area contributed by atoms with Crippen LogP contribution in [0.3, 0.4) is 0 Å². The molecule has 1 unspecified atom stereocenters. The van der Waals surface area contributed by atoms with Gasteiger partial charge in [-0.3, -0.25) is 0 Å². The summed E-state index contributed by atoms with van der Waals surface area (Å²) in [7, 11) is -0.945. The summed E-state index contributed by atoms with van der Waals surface area (Å²) in [5, 5.41) is 18.5. The van der Waals surface area contributed by atoms with Gasteiger partial charge in [0.25, 0.3) is 0 Å². The molecule has 2 rings (SSSR count). The van der Waals surface area contributed by atoms with Crippen LogP contribution in [0.5, 0.6) is 5.75 Å². The fourth-order valence-electron chi connectivity index (χ4n) is 2.00. The summed E-state index contributed by atoms with van der Waals surface area (Å²) in [6.07, 6.45) is 2.79. The van der Waals surface area contributed by atoms with Gasteiger partial charge in [-0.05, 0) is 24.0 Å². The smallest absolute Gasteiger partial charge is 0.523 e. The van der Waals surface area contributed by atoms with E-state index in [-0.39, 0.29) is 17.4 Å². The van der Waals surface area contributed by atoms with Gasteiger partial charge in [-0.15, -0.1) is 0 Å². The van der Waals surface area contributed by atoms with Gasteiger partial charge in [0.2, 0.25) is 0 Å². The minimum atomic E-state index is -1.14. The molecule has 0 aliphatic carbocycles. The molecule has 1 atom stereocenters. The maximum absolute atomic E-state index is 11.0. The van der Waals surface area contributed by atoms with E-state index < -0.39 is 13.1 Å². The minimum Gasteiger partial charge on any atom is -0.534 e. The molecule has 0 radical (unpaired) electrons. The third-order valence-electron chi connectivity index (χ3n) is 2.81. The molecule has 0 saturated heterocycles. The summed E-state index contributed by atoms with van der Waals surface area (Å²) in [5.74, 6) is -0.804. The molecule has 1 aliphatic heterocycles. The lowest BCUT2D eigenvalue weighted by molar-refractivity contribution is 0.0687. The zero-order valence-electron chi connectivity index (χ0n) is 8.88. The molecule has 1 aliphatic rings. The number of hydrogen-bond donors (Lipinski definition) is 2. The van der Waals surface area contributed by atoms with Crippen LogP contribution in [0.2, 0.25) is 6.32 Å². The highest BCUT2D eigenvalue weighted by Gasteiger charge is 2.33. The van der Waals surface area contributed by atoms with E-state index in [1.807, 2.05) is 6.92 Å². The quantitative estimate of drug-likeness (QED) is 0.732. The average Bonchev–Trinajstić information content (AvgIpc) is 2.26. The van der Waals surface area contributed by atoms with Crippen LogP contribution in [-0.2, 0) is 0 Å². The number of aromatic nitrogens is 1. The van der Waals surface area contributed by atoms with Crippen molar-refractivity contribution in [2.45, 2.75) is 25.6 Å². The summed E-state index contributed by atoms with van der Waals surface area (Å²) in [5.41, 5.74) is 0.690. The summed E-state index contributed by atoms with van der Waals surface area (Å²) in [6, 6.07) is 1.75. The molecular weight excluding hydrogens is 209 g/mol. The molecule has 0 saturated carbocycles. The van der Waals surface area contributed by atoms with Crippen molar-refractivity contribution in [3.63, 3.8) is 0 Å². The normalized spacial score (nSPS) is 18.9. The Kier molecular flexibility index (Phi) is 2.83. The number of aromatic carboxylic acids is 1. The standard InChI is InChI=1S/C10H12BNO4/c1-2-6-5-11(15)16-9-7(6)3-4-12-8(9)10(13)14/h3-4,6,15H,2,5H2,1H3,(H,13,14). The Labute approximate surface area is 93.2 Å². The Morgan fingerprint density at radius 1 is 1.75 bits per heavy atom. The molecule has 0 aromatic carbocycles. The van der Waals surface area contributed by atoms with Gasteiger partial charge in [0.05, 0.1) is 0 Å². The SMILES string of the molecule is CCC1CB(O)Oc2c1ccnc2C(=O)O. The molecule has 0 spiro atoms. The number of fused-ring (bicyclic) bond motifs is 1. The predicted octanol–water partition coefficient (Wildman–Crippen LogP) is 1.15. The predicted molar refractivity (Wildman–Crippen MR) is 57.6 cm³/mol. The monoisotopic (exact) mass is 221 g/mol. The molecule has 0 amide bonds. The van der Waals surface area contributed by atoms with Gasteiger partial charge >= 0.3 is 13.1 Å². The average molecular weight is 221 g/mol. The van der Waals surface area contributed by atoms with Crippen LogP contribution in [0, 0.1) is 0 Å². The van der Waals surface area contributed by atoms with E-state index in [9.17, 15) is 9.82 Å². The lowest BCUT2D eigenvalue weighted by Crippen LogP contribution is -2.30. The van der Waals surface area contributed by atoms with Gasteiger partial charge in [-0.25, -0.2) is 9.78 Å². The lowest BCUT2D eigenvalue weighted by Gasteiger charge is -2.27. The number of carboxylic acids is 1. The molecule has 1 aromatic rings. The Morgan fingerprint density at radius 2 is 2.50 bits per heavy atom. The second-order valence-corrected chi connectivity index (χ2v) is 3.80. The first-order chi connectivity index (χ1) is 7.63. The molecule has 0 fully saturated rings. The summed E-state index contributed by atoms with van der Waals surface area (Å²) in [4.78, 5) is 14.7. The Balaban J connectivity index is 2.52. The lowest BCUT2D eigenvalue weighted by atomic mass is 9.71. The molecule has 2 heterocycles. The Morgan fingerprint density at radius 3 is 3.12 bits per heavy atom. The third kappa shape index (κ3) is 1.76. The first-order valence-electron chi connectivity index (χ1n) is 5.20. The molecule has 84 valence electrons. The van der Waals surface area contributed by atoms with E-state index >= 15 is 0 Å². The third-order valence-corrected chi connectivity index (χ3v) is 2.81. The minimum absolute atomic E-state index is 0.125. The molecule has 6 heteroatoms. The van der Waals surface area contributed by atoms with Crippen LogP contribution in [0.15, 0.2) is 12.3 Å². The highest BCUT2D eigenvalue weighted by molar-refractivity contribution is 6.44. The Hall–Kier alpha value is -1.56. The van der Waals surface area contributed by atoms with Gasteiger partial charge in [-0.1, -0.05) is 6.92 Å². The van der Waals surface area contributed by atoms with Crippen molar-refractivity contribution >= 4 is 13.1 Å². The topological polar surface area (TPSA) is 79.7 Å². The number of carboxylic acid groups (broad SMARTS) is 1. The van der Waals surface area contributed by atoms with Crippen molar-refractivity contribution < 1.29 is 19.6 Å². The molecule has 16 heavy (non-hydrogen) atoms. The summed E-state index contributed by atoms with van der Waals surface area (Å²) >= 11 is 0. The number of hydrogen-bond acceptors (Lipinski definition) is 4. The van der Waals surface area contributed by atoms with Crippen molar-refractivity contribution in [1.29, 1.82) is 0 Å². The van der Waals surface area contributed by atoms with Crippen molar-refractivity contribution in [3.05, 3.63) is 23.5 Å². The summed E-state index contributed by atoms with van der Waals surface area (Å²) < 4.78 is 5.17. The van der Waals surface area contributed by atoms with Gasteiger partial charge in [0.1, 0.15) is 5.75 Å². The molecule has 5 nitrogen and oxygen atoms in total. The number of nitrogens with zero attached hydrogens (tertiary/aromatic N) is 1. The Bertz CT molecular complexity index is 423. The van der Waals surface area contributed by atoms with Crippen LogP contribution in [0.4, 0.5) is 0 Å². The largest absolute Gasteiger partial charge is 0.534 e. The van der Waals surface area contributed by atoms with Crippen molar-refractivity contribution in [2.24, 2.45) is 0 Å². The summed E-state index contributed by atoms with van der Waals surface area (Å²) in [6.45, 7) is 1.99. The van der Waals surface area contributed by atoms with Crippen LogP contribution < -0.4 is 4.65 Å². The second kappa shape index (κ2) is 4.13. The molecule has 0 bridgehead atoms. The second-order valence-electron chi connectivity index (χ2n) is 3.80. The van der Waals surface area contributed by atoms with Crippen molar-refractivity contribution in [2.75, 3.05) is 0 Å².